The lowest BCUT2D eigenvalue weighted by Gasteiger charge is -2.14. The van der Waals surface area contributed by atoms with Gasteiger partial charge < -0.3 is 19.5 Å². The first-order valence-electron chi connectivity index (χ1n) is 6.94. The van der Waals surface area contributed by atoms with Crippen LogP contribution in [0.4, 0.5) is 5.82 Å². The minimum atomic E-state index is -0.670. The molecule has 2 aliphatic heterocycles. The first-order valence-corrected chi connectivity index (χ1v) is 6.94. The van der Waals surface area contributed by atoms with Gasteiger partial charge in [0.05, 0.1) is 24.7 Å². The highest BCUT2D eigenvalue weighted by Gasteiger charge is 2.35. The summed E-state index contributed by atoms with van der Waals surface area (Å²) in [5.74, 6) is 0.642. The molecule has 0 amide bonds. The van der Waals surface area contributed by atoms with E-state index in [-0.39, 0.29) is 12.8 Å². The van der Waals surface area contributed by atoms with Crippen LogP contribution in [0.15, 0.2) is 12.5 Å². The van der Waals surface area contributed by atoms with E-state index in [2.05, 4.69) is 15.4 Å². The van der Waals surface area contributed by atoms with Crippen LogP contribution in [0.2, 0.25) is 0 Å². The summed E-state index contributed by atoms with van der Waals surface area (Å²) in [6.07, 6.45) is 3.05. The Morgan fingerprint density at radius 3 is 3.14 bits per heavy atom. The fourth-order valence-corrected chi connectivity index (χ4v) is 2.98. The van der Waals surface area contributed by atoms with Crippen molar-refractivity contribution in [2.45, 2.75) is 31.3 Å². The van der Waals surface area contributed by atoms with Crippen molar-refractivity contribution in [2.75, 3.05) is 18.7 Å². The minimum absolute atomic E-state index is 0.195. The van der Waals surface area contributed by atoms with Crippen LogP contribution in [-0.2, 0) is 16.0 Å². The maximum Gasteiger partial charge on any atom is 0.162 e. The van der Waals surface area contributed by atoms with Gasteiger partial charge in [-0.25, -0.2) is 15.4 Å². The molecule has 8 nitrogen and oxygen atoms in total. The van der Waals surface area contributed by atoms with Gasteiger partial charge in [0.25, 0.3) is 0 Å². The van der Waals surface area contributed by atoms with Gasteiger partial charge in [0.1, 0.15) is 24.3 Å². The molecule has 1 unspecified atom stereocenters. The second kappa shape index (κ2) is 4.92. The van der Waals surface area contributed by atoms with Crippen LogP contribution in [0.5, 0.6) is 0 Å². The summed E-state index contributed by atoms with van der Waals surface area (Å²) >= 11 is 0. The van der Waals surface area contributed by atoms with Crippen LogP contribution in [0.3, 0.4) is 0 Å². The summed E-state index contributed by atoms with van der Waals surface area (Å²) in [4.78, 5) is 13.8. The fourth-order valence-electron chi connectivity index (χ4n) is 2.98. The standard InChI is InChI=1S/C13H16N4O4/c18-5-9-8(19)3-10(21-9)17-4-7-1-2-20-16-12-11(7)13(17)15-6-14-12/h4,6,8-10,18-19H,1-3,5H2,(H,14,15,16)/t8-,9?,10+/m0/s1. The van der Waals surface area contributed by atoms with E-state index < -0.39 is 12.2 Å². The van der Waals surface area contributed by atoms with Gasteiger partial charge in [-0.05, 0) is 5.56 Å². The molecular formula is C13H16N4O4. The lowest BCUT2D eigenvalue weighted by Crippen LogP contribution is -2.24. The fraction of sp³-hybridized carbons (Fsp3) is 0.538. The van der Waals surface area contributed by atoms with Crippen LogP contribution in [-0.4, -0.2) is 50.2 Å². The second-order valence-electron chi connectivity index (χ2n) is 5.30. The molecule has 0 spiro atoms. The minimum Gasteiger partial charge on any atom is -0.394 e. The number of rotatable bonds is 2. The summed E-state index contributed by atoms with van der Waals surface area (Å²) in [6.45, 7) is 0.349. The number of aliphatic hydroxyl groups is 2. The van der Waals surface area contributed by atoms with Crippen molar-refractivity contribution in [3.63, 3.8) is 0 Å². The second-order valence-corrected chi connectivity index (χ2v) is 5.30. The van der Waals surface area contributed by atoms with Crippen molar-refractivity contribution in [1.82, 2.24) is 14.5 Å². The molecule has 112 valence electrons. The number of aliphatic hydroxyl groups excluding tert-OH is 2. The molecule has 0 saturated carbocycles. The molecule has 2 aromatic rings. The van der Waals surface area contributed by atoms with Gasteiger partial charge in [0.2, 0.25) is 0 Å². The van der Waals surface area contributed by atoms with E-state index in [4.69, 9.17) is 9.57 Å². The molecule has 8 heteroatoms. The predicted molar refractivity (Wildman–Crippen MR) is 72.4 cm³/mol. The van der Waals surface area contributed by atoms with Crippen LogP contribution in [0.25, 0.3) is 11.0 Å². The Morgan fingerprint density at radius 1 is 1.43 bits per heavy atom. The number of hydrogen-bond acceptors (Lipinski definition) is 7. The Balaban J connectivity index is 1.80. The Kier molecular flexibility index (Phi) is 3.03. The molecule has 0 aromatic carbocycles. The molecule has 2 aromatic heterocycles. The van der Waals surface area contributed by atoms with E-state index >= 15 is 0 Å². The molecule has 4 rings (SSSR count). The monoisotopic (exact) mass is 292 g/mol. The third-order valence-electron chi connectivity index (χ3n) is 4.02. The number of nitrogens with one attached hydrogen (secondary N) is 1. The third kappa shape index (κ3) is 1.99. The van der Waals surface area contributed by atoms with Gasteiger partial charge >= 0.3 is 0 Å². The van der Waals surface area contributed by atoms with Gasteiger partial charge in [-0.15, -0.1) is 0 Å². The normalized spacial score (nSPS) is 28.6. The summed E-state index contributed by atoms with van der Waals surface area (Å²) < 4.78 is 7.62. The summed E-state index contributed by atoms with van der Waals surface area (Å²) in [5.41, 5.74) is 4.65. The molecule has 0 aliphatic carbocycles. The lowest BCUT2D eigenvalue weighted by molar-refractivity contribution is -0.0431. The SMILES string of the molecule is OCC1O[C@@H](n2cc3c4c(ncnc42)NOCC3)C[C@@H]1O. The van der Waals surface area contributed by atoms with Gasteiger partial charge in [0.15, 0.2) is 5.82 Å². The van der Waals surface area contributed by atoms with Crippen LogP contribution in [0, 0.1) is 0 Å². The highest BCUT2D eigenvalue weighted by atomic mass is 16.6. The van der Waals surface area contributed by atoms with Crippen LogP contribution >= 0.6 is 0 Å². The van der Waals surface area contributed by atoms with Crippen LogP contribution in [0.1, 0.15) is 18.2 Å². The number of aromatic nitrogens is 3. The zero-order valence-electron chi connectivity index (χ0n) is 11.3. The van der Waals surface area contributed by atoms with Gasteiger partial charge in [-0.3, -0.25) is 4.84 Å². The highest BCUT2D eigenvalue weighted by molar-refractivity contribution is 5.90. The average molecular weight is 292 g/mol. The molecular weight excluding hydrogens is 276 g/mol. The Morgan fingerprint density at radius 2 is 2.33 bits per heavy atom. The predicted octanol–water partition coefficient (Wildman–Crippen LogP) is -0.0284. The van der Waals surface area contributed by atoms with Gasteiger partial charge in [-0.2, -0.15) is 0 Å². The summed E-state index contributed by atoms with van der Waals surface area (Å²) in [7, 11) is 0. The lowest BCUT2D eigenvalue weighted by atomic mass is 10.2. The van der Waals surface area contributed by atoms with Crippen molar-refractivity contribution in [3.8, 4) is 0 Å². The molecule has 1 fully saturated rings. The quantitative estimate of drug-likeness (QED) is 0.714. The van der Waals surface area contributed by atoms with E-state index in [1.807, 2.05) is 10.8 Å². The van der Waals surface area contributed by atoms with Crippen molar-refractivity contribution in [2.24, 2.45) is 0 Å². The zero-order chi connectivity index (χ0) is 14.4. The van der Waals surface area contributed by atoms with Crippen molar-refractivity contribution in [1.29, 1.82) is 0 Å². The van der Waals surface area contributed by atoms with E-state index in [0.29, 0.717) is 18.8 Å². The molecule has 4 heterocycles. The summed E-state index contributed by atoms with van der Waals surface area (Å²) in [5, 5.41) is 20.0. The smallest absolute Gasteiger partial charge is 0.162 e. The molecule has 0 radical (unpaired) electrons. The topological polar surface area (TPSA) is 102 Å². The molecule has 1 saturated heterocycles. The Labute approximate surface area is 120 Å². The molecule has 3 atom stereocenters. The first-order chi connectivity index (χ1) is 10.3. The molecule has 0 bridgehead atoms. The maximum atomic E-state index is 9.91. The maximum absolute atomic E-state index is 9.91. The number of hydrogen-bond donors (Lipinski definition) is 3. The van der Waals surface area contributed by atoms with Crippen molar-refractivity contribution < 1.29 is 19.8 Å². The average Bonchev–Trinajstić information content (AvgIpc) is 2.97. The largest absolute Gasteiger partial charge is 0.394 e. The highest BCUT2D eigenvalue weighted by Crippen LogP contribution is 2.35. The number of nitrogens with zero attached hydrogens (tertiary/aromatic N) is 3. The van der Waals surface area contributed by atoms with E-state index in [9.17, 15) is 10.2 Å². The Bertz CT molecular complexity index is 673. The number of anilines is 1. The Hall–Kier alpha value is -1.74. The first kappa shape index (κ1) is 13.0. The van der Waals surface area contributed by atoms with E-state index in [0.717, 1.165) is 23.0 Å². The van der Waals surface area contributed by atoms with Crippen molar-refractivity contribution in [3.05, 3.63) is 18.1 Å². The zero-order valence-corrected chi connectivity index (χ0v) is 11.3. The molecule has 2 aliphatic rings. The molecule has 21 heavy (non-hydrogen) atoms. The van der Waals surface area contributed by atoms with Gasteiger partial charge in [-0.1, -0.05) is 0 Å². The van der Waals surface area contributed by atoms with E-state index in [1.54, 1.807) is 0 Å². The van der Waals surface area contributed by atoms with E-state index in [1.165, 1.54) is 6.33 Å². The summed E-state index contributed by atoms with van der Waals surface area (Å²) in [6, 6.07) is 0. The molecule has 3 N–H and O–H groups in total. The number of ether oxygens (including phenoxy) is 1. The van der Waals surface area contributed by atoms with Gasteiger partial charge in [0, 0.05) is 19.0 Å². The third-order valence-corrected chi connectivity index (χ3v) is 4.02. The van der Waals surface area contributed by atoms with Crippen LogP contribution < -0.4 is 5.48 Å². The van der Waals surface area contributed by atoms with Crippen molar-refractivity contribution >= 4 is 16.9 Å².